The number of sulfone groups is 1. The van der Waals surface area contributed by atoms with Gasteiger partial charge in [0.1, 0.15) is 6.42 Å². The second kappa shape index (κ2) is 6.36. The van der Waals surface area contributed by atoms with Crippen LogP contribution < -0.4 is 5.32 Å². The van der Waals surface area contributed by atoms with Crippen LogP contribution in [0.4, 0.5) is 0 Å². The summed E-state index contributed by atoms with van der Waals surface area (Å²) in [5.74, 6) is -0.191. The number of carbonyl (C=O) groups excluding carboxylic acids is 2. The highest BCUT2D eigenvalue weighted by atomic mass is 32.2. The van der Waals surface area contributed by atoms with Crippen LogP contribution >= 0.6 is 0 Å². The molecule has 7 heteroatoms. The zero-order chi connectivity index (χ0) is 14.6. The SMILES string of the molecule is CC(C)CNC(=O)CC(=O)N(C)C1CCS(=O)(=O)C1. The van der Waals surface area contributed by atoms with E-state index in [9.17, 15) is 18.0 Å². The quantitative estimate of drug-likeness (QED) is 0.710. The lowest BCUT2D eigenvalue weighted by atomic mass is 10.2. The van der Waals surface area contributed by atoms with Gasteiger partial charge in [-0.15, -0.1) is 0 Å². The number of amides is 2. The van der Waals surface area contributed by atoms with E-state index in [0.717, 1.165) is 0 Å². The predicted octanol–water partition coefficient (Wildman–Crippen LogP) is -0.206. The molecule has 0 spiro atoms. The number of rotatable bonds is 5. The molecule has 19 heavy (non-hydrogen) atoms. The van der Waals surface area contributed by atoms with Gasteiger partial charge in [0.2, 0.25) is 11.8 Å². The Morgan fingerprint density at radius 1 is 1.37 bits per heavy atom. The lowest BCUT2D eigenvalue weighted by Gasteiger charge is -2.23. The Kier molecular flexibility index (Phi) is 5.34. The standard InChI is InChI=1S/C12H22N2O4S/c1-9(2)7-13-11(15)6-12(16)14(3)10-4-5-19(17,18)8-10/h9-10H,4-8H2,1-3H3,(H,13,15). The van der Waals surface area contributed by atoms with Gasteiger partial charge in [-0.1, -0.05) is 13.8 Å². The lowest BCUT2D eigenvalue weighted by Crippen LogP contribution is -2.40. The van der Waals surface area contributed by atoms with Crippen LogP contribution in [0.15, 0.2) is 0 Å². The minimum absolute atomic E-state index is 0.00283. The molecule has 110 valence electrons. The number of nitrogens with one attached hydrogen (secondary N) is 1. The Hall–Kier alpha value is -1.11. The Balaban J connectivity index is 2.43. The third kappa shape index (κ3) is 5.18. The summed E-state index contributed by atoms with van der Waals surface area (Å²) in [6, 6.07) is -0.296. The Morgan fingerprint density at radius 2 is 2.00 bits per heavy atom. The largest absolute Gasteiger partial charge is 0.355 e. The second-order valence-corrected chi connectivity index (χ2v) is 7.66. The van der Waals surface area contributed by atoms with Gasteiger partial charge in [0.25, 0.3) is 0 Å². The summed E-state index contributed by atoms with van der Waals surface area (Å²) >= 11 is 0. The van der Waals surface area contributed by atoms with Gasteiger partial charge in [0, 0.05) is 19.6 Å². The summed E-state index contributed by atoms with van der Waals surface area (Å²) in [5, 5.41) is 2.67. The van der Waals surface area contributed by atoms with Crippen molar-refractivity contribution < 1.29 is 18.0 Å². The van der Waals surface area contributed by atoms with E-state index in [4.69, 9.17) is 0 Å². The Morgan fingerprint density at radius 3 is 2.47 bits per heavy atom. The van der Waals surface area contributed by atoms with E-state index in [0.29, 0.717) is 18.9 Å². The maximum atomic E-state index is 11.9. The average molecular weight is 290 g/mol. The average Bonchev–Trinajstić information content (AvgIpc) is 2.66. The molecule has 0 aliphatic carbocycles. The maximum Gasteiger partial charge on any atom is 0.232 e. The first kappa shape index (κ1) is 15.9. The van der Waals surface area contributed by atoms with Crippen molar-refractivity contribution in [3.63, 3.8) is 0 Å². The summed E-state index contributed by atoms with van der Waals surface area (Å²) < 4.78 is 22.7. The minimum Gasteiger partial charge on any atom is -0.355 e. The number of carbonyl (C=O) groups is 2. The van der Waals surface area contributed by atoms with Crippen LogP contribution in [0.25, 0.3) is 0 Å². The van der Waals surface area contributed by atoms with Crippen LogP contribution in [0.5, 0.6) is 0 Å². The molecule has 0 aromatic heterocycles. The van der Waals surface area contributed by atoms with Gasteiger partial charge >= 0.3 is 0 Å². The molecule has 0 bridgehead atoms. The molecule has 2 amide bonds. The van der Waals surface area contributed by atoms with Gasteiger partial charge in [0.05, 0.1) is 11.5 Å². The molecule has 1 N–H and O–H groups in total. The van der Waals surface area contributed by atoms with Gasteiger partial charge in [-0.3, -0.25) is 9.59 Å². The zero-order valence-electron chi connectivity index (χ0n) is 11.7. The molecule has 1 unspecified atom stereocenters. The summed E-state index contributed by atoms with van der Waals surface area (Å²) in [7, 11) is -1.46. The van der Waals surface area contributed by atoms with Crippen LogP contribution in [0.3, 0.4) is 0 Å². The summed E-state index contributed by atoms with van der Waals surface area (Å²) in [6.07, 6.45) is 0.234. The molecule has 0 radical (unpaired) electrons. The van der Waals surface area contributed by atoms with Gasteiger partial charge in [-0.05, 0) is 12.3 Å². The van der Waals surface area contributed by atoms with Crippen molar-refractivity contribution >= 4 is 21.7 Å². The van der Waals surface area contributed by atoms with Crippen molar-refractivity contribution in [2.45, 2.75) is 32.7 Å². The lowest BCUT2D eigenvalue weighted by molar-refractivity contribution is -0.136. The van der Waals surface area contributed by atoms with Crippen LogP contribution in [0.1, 0.15) is 26.7 Å². The van der Waals surface area contributed by atoms with E-state index in [1.807, 2.05) is 13.8 Å². The predicted molar refractivity (Wildman–Crippen MR) is 72.3 cm³/mol. The molecular weight excluding hydrogens is 268 g/mol. The van der Waals surface area contributed by atoms with Crippen molar-refractivity contribution in [1.29, 1.82) is 0 Å². The number of hydrogen-bond donors (Lipinski definition) is 1. The molecule has 1 rings (SSSR count). The molecule has 0 aromatic rings. The smallest absolute Gasteiger partial charge is 0.232 e. The third-order valence-corrected chi connectivity index (χ3v) is 4.92. The molecule has 1 heterocycles. The molecule has 0 aromatic carbocycles. The topological polar surface area (TPSA) is 83.6 Å². The molecule has 1 saturated heterocycles. The highest BCUT2D eigenvalue weighted by Crippen LogP contribution is 2.17. The molecule has 6 nitrogen and oxygen atoms in total. The van der Waals surface area contributed by atoms with Crippen molar-refractivity contribution in [3.8, 4) is 0 Å². The van der Waals surface area contributed by atoms with Crippen molar-refractivity contribution in [1.82, 2.24) is 10.2 Å². The first-order chi connectivity index (χ1) is 8.71. The van der Waals surface area contributed by atoms with Gasteiger partial charge in [-0.2, -0.15) is 0 Å². The molecule has 1 atom stereocenters. The van der Waals surface area contributed by atoms with Gasteiger partial charge < -0.3 is 10.2 Å². The summed E-state index contributed by atoms with van der Waals surface area (Å²) in [5.41, 5.74) is 0. The van der Waals surface area contributed by atoms with E-state index < -0.39 is 9.84 Å². The molecule has 1 fully saturated rings. The molecular formula is C12H22N2O4S. The zero-order valence-corrected chi connectivity index (χ0v) is 12.5. The van der Waals surface area contributed by atoms with Crippen LogP contribution in [-0.4, -0.2) is 56.3 Å². The van der Waals surface area contributed by atoms with Crippen molar-refractivity contribution in [2.24, 2.45) is 5.92 Å². The fourth-order valence-electron chi connectivity index (χ4n) is 1.93. The van der Waals surface area contributed by atoms with Crippen LogP contribution in [0.2, 0.25) is 0 Å². The van der Waals surface area contributed by atoms with E-state index in [1.54, 1.807) is 7.05 Å². The fourth-order valence-corrected chi connectivity index (χ4v) is 3.70. The van der Waals surface area contributed by atoms with Crippen LogP contribution in [-0.2, 0) is 19.4 Å². The number of nitrogens with zero attached hydrogens (tertiary/aromatic N) is 1. The minimum atomic E-state index is -3.02. The Labute approximate surface area is 114 Å². The van der Waals surface area contributed by atoms with E-state index in [-0.39, 0.29) is 35.8 Å². The number of hydrogen-bond acceptors (Lipinski definition) is 4. The highest BCUT2D eigenvalue weighted by Gasteiger charge is 2.33. The van der Waals surface area contributed by atoms with Crippen molar-refractivity contribution in [2.75, 3.05) is 25.1 Å². The first-order valence-corrected chi connectivity index (χ1v) is 8.26. The Bertz CT molecular complexity index is 445. The van der Waals surface area contributed by atoms with Crippen LogP contribution in [0, 0.1) is 5.92 Å². The van der Waals surface area contributed by atoms with E-state index >= 15 is 0 Å². The molecule has 0 saturated carbocycles. The van der Waals surface area contributed by atoms with Crippen molar-refractivity contribution in [3.05, 3.63) is 0 Å². The highest BCUT2D eigenvalue weighted by molar-refractivity contribution is 7.91. The molecule has 1 aliphatic heterocycles. The summed E-state index contributed by atoms with van der Waals surface area (Å²) in [4.78, 5) is 24.8. The van der Waals surface area contributed by atoms with E-state index in [1.165, 1.54) is 4.90 Å². The monoisotopic (exact) mass is 290 g/mol. The third-order valence-electron chi connectivity index (χ3n) is 3.17. The second-order valence-electron chi connectivity index (χ2n) is 5.44. The van der Waals surface area contributed by atoms with Gasteiger partial charge in [0.15, 0.2) is 9.84 Å². The normalized spacial score (nSPS) is 21.4. The fraction of sp³-hybridized carbons (Fsp3) is 0.833. The summed E-state index contributed by atoms with van der Waals surface area (Å²) in [6.45, 7) is 4.48. The first-order valence-electron chi connectivity index (χ1n) is 6.44. The van der Waals surface area contributed by atoms with Gasteiger partial charge in [-0.25, -0.2) is 8.42 Å². The molecule has 1 aliphatic rings. The van der Waals surface area contributed by atoms with E-state index in [2.05, 4.69) is 5.32 Å². The maximum absolute atomic E-state index is 11.9.